The number of nitrogens with zero attached hydrogens (tertiary/aromatic N) is 1. The van der Waals surface area contributed by atoms with Crippen molar-refractivity contribution in [2.24, 2.45) is 0 Å². The molecule has 7 heteroatoms. The van der Waals surface area contributed by atoms with Crippen LogP contribution in [0.4, 0.5) is 5.69 Å². The molecule has 0 spiro atoms. The van der Waals surface area contributed by atoms with Crippen LogP contribution >= 0.6 is 11.6 Å². The number of carbonyl (C=O) groups is 1. The largest absolute Gasteiger partial charge is 0.325 e. The van der Waals surface area contributed by atoms with E-state index in [0.29, 0.717) is 10.7 Å². The Kier molecular flexibility index (Phi) is 7.15. The van der Waals surface area contributed by atoms with Crippen molar-refractivity contribution in [3.63, 3.8) is 0 Å². The summed E-state index contributed by atoms with van der Waals surface area (Å²) in [5, 5.41) is 3.31. The number of nitrogens with one attached hydrogen (secondary N) is 1. The number of rotatable bonds is 7. The van der Waals surface area contributed by atoms with Crippen molar-refractivity contribution in [2.45, 2.75) is 32.2 Å². The van der Waals surface area contributed by atoms with Gasteiger partial charge in [-0.1, -0.05) is 65.2 Å². The van der Waals surface area contributed by atoms with Crippen LogP contribution in [0.25, 0.3) is 0 Å². The Morgan fingerprint density at radius 2 is 1.61 bits per heavy atom. The van der Waals surface area contributed by atoms with E-state index in [1.165, 1.54) is 4.31 Å². The minimum Gasteiger partial charge on any atom is -0.325 e. The summed E-state index contributed by atoms with van der Waals surface area (Å²) < 4.78 is 27.9. The third kappa shape index (κ3) is 5.73. The van der Waals surface area contributed by atoms with Gasteiger partial charge in [-0.15, -0.1) is 0 Å². The molecule has 0 unspecified atom stereocenters. The third-order valence-electron chi connectivity index (χ3n) is 4.96. The number of aryl methyl sites for hydroxylation is 2. The predicted molar refractivity (Wildman–Crippen MR) is 125 cm³/mol. The summed E-state index contributed by atoms with van der Waals surface area (Å²) in [7, 11) is -3.89. The Morgan fingerprint density at radius 3 is 2.29 bits per heavy atom. The second-order valence-corrected chi connectivity index (χ2v) is 9.88. The molecule has 5 nitrogen and oxygen atoms in total. The first-order valence-corrected chi connectivity index (χ1v) is 11.7. The van der Waals surface area contributed by atoms with E-state index in [4.69, 9.17) is 11.6 Å². The van der Waals surface area contributed by atoms with Crippen molar-refractivity contribution >= 4 is 33.2 Å². The van der Waals surface area contributed by atoms with E-state index in [0.717, 1.165) is 22.3 Å². The summed E-state index contributed by atoms with van der Waals surface area (Å²) in [6, 6.07) is 19.4. The van der Waals surface area contributed by atoms with Gasteiger partial charge in [-0.25, -0.2) is 8.42 Å². The van der Waals surface area contributed by atoms with Gasteiger partial charge in [0.25, 0.3) is 0 Å². The summed E-state index contributed by atoms with van der Waals surface area (Å²) in [5.41, 5.74) is 4.06. The van der Waals surface area contributed by atoms with Crippen LogP contribution in [0.1, 0.15) is 22.3 Å². The van der Waals surface area contributed by atoms with Gasteiger partial charge in [-0.3, -0.25) is 4.79 Å². The standard InChI is InChI=1S/C24H25ClN2O3S/c1-17-10-12-21(13-11-17)31(29,30)27(15-20-7-4-6-18(2)14-20)16-24(28)26-23-9-5-8-22(25)19(23)3/h4-14H,15-16H2,1-3H3,(H,26,28). The average Bonchev–Trinajstić information content (AvgIpc) is 2.71. The number of benzene rings is 3. The van der Waals surface area contributed by atoms with Crippen LogP contribution in [0.3, 0.4) is 0 Å². The Hall–Kier alpha value is -2.67. The zero-order valence-electron chi connectivity index (χ0n) is 17.7. The van der Waals surface area contributed by atoms with Gasteiger partial charge in [0, 0.05) is 17.3 Å². The SMILES string of the molecule is Cc1ccc(S(=O)(=O)N(CC(=O)Nc2cccc(Cl)c2C)Cc2cccc(C)c2)cc1. The maximum absolute atomic E-state index is 13.4. The second-order valence-electron chi connectivity index (χ2n) is 7.54. The smallest absolute Gasteiger partial charge is 0.243 e. The highest BCUT2D eigenvalue weighted by Gasteiger charge is 2.27. The summed E-state index contributed by atoms with van der Waals surface area (Å²) in [6.45, 7) is 5.39. The molecule has 0 aliphatic heterocycles. The number of halogens is 1. The molecule has 1 amide bonds. The Morgan fingerprint density at radius 1 is 0.935 bits per heavy atom. The lowest BCUT2D eigenvalue weighted by Crippen LogP contribution is -2.37. The molecule has 0 fully saturated rings. The molecule has 0 saturated carbocycles. The van der Waals surface area contributed by atoms with E-state index in [2.05, 4.69) is 5.32 Å². The van der Waals surface area contributed by atoms with Gasteiger partial charge >= 0.3 is 0 Å². The van der Waals surface area contributed by atoms with Gasteiger partial charge < -0.3 is 5.32 Å². The monoisotopic (exact) mass is 456 g/mol. The minimum atomic E-state index is -3.89. The highest BCUT2D eigenvalue weighted by atomic mass is 35.5. The van der Waals surface area contributed by atoms with Gasteiger partial charge in [0.15, 0.2) is 0 Å². The van der Waals surface area contributed by atoms with Gasteiger partial charge in [0.05, 0.1) is 11.4 Å². The molecule has 3 aromatic carbocycles. The molecule has 0 aliphatic carbocycles. The van der Waals surface area contributed by atoms with Crippen LogP contribution in [0.15, 0.2) is 71.6 Å². The maximum atomic E-state index is 13.4. The number of anilines is 1. The predicted octanol–water partition coefficient (Wildman–Crippen LogP) is 5.09. The van der Waals surface area contributed by atoms with Crippen molar-refractivity contribution in [3.8, 4) is 0 Å². The van der Waals surface area contributed by atoms with Gasteiger partial charge in [0.1, 0.15) is 0 Å². The number of carbonyl (C=O) groups excluding carboxylic acids is 1. The van der Waals surface area contributed by atoms with Crippen LogP contribution in [-0.4, -0.2) is 25.2 Å². The first-order valence-electron chi connectivity index (χ1n) is 9.84. The summed E-state index contributed by atoms with van der Waals surface area (Å²) in [5.74, 6) is -0.436. The van der Waals surface area contributed by atoms with Gasteiger partial charge in [-0.2, -0.15) is 4.31 Å². The molecule has 3 aromatic rings. The van der Waals surface area contributed by atoms with Crippen molar-refractivity contribution in [2.75, 3.05) is 11.9 Å². The van der Waals surface area contributed by atoms with Crippen LogP contribution in [-0.2, 0) is 21.4 Å². The van der Waals surface area contributed by atoms with Crippen LogP contribution in [0.5, 0.6) is 0 Å². The van der Waals surface area contributed by atoms with E-state index >= 15 is 0 Å². The first-order chi connectivity index (χ1) is 14.7. The highest BCUT2D eigenvalue weighted by Crippen LogP contribution is 2.24. The number of hydrogen-bond donors (Lipinski definition) is 1. The molecular formula is C24H25ClN2O3S. The Balaban J connectivity index is 1.90. The Labute approximate surface area is 188 Å². The molecule has 31 heavy (non-hydrogen) atoms. The van der Waals surface area contributed by atoms with Crippen LogP contribution < -0.4 is 5.32 Å². The molecule has 0 radical (unpaired) electrons. The molecule has 0 bridgehead atoms. The molecule has 1 N–H and O–H groups in total. The van der Waals surface area contributed by atoms with E-state index in [1.54, 1.807) is 49.4 Å². The van der Waals surface area contributed by atoms with E-state index in [1.807, 2.05) is 38.1 Å². The quantitative estimate of drug-likeness (QED) is 0.538. The fourth-order valence-corrected chi connectivity index (χ4v) is 4.75. The second kappa shape index (κ2) is 9.64. The topological polar surface area (TPSA) is 66.5 Å². The van der Waals surface area contributed by atoms with E-state index in [-0.39, 0.29) is 18.0 Å². The Bertz CT molecular complexity index is 1190. The van der Waals surface area contributed by atoms with E-state index < -0.39 is 15.9 Å². The summed E-state index contributed by atoms with van der Waals surface area (Å²) >= 11 is 6.13. The molecule has 0 aliphatic rings. The van der Waals surface area contributed by atoms with Crippen molar-refractivity contribution in [1.82, 2.24) is 4.31 Å². The highest BCUT2D eigenvalue weighted by molar-refractivity contribution is 7.89. The number of sulfonamides is 1. The first kappa shape index (κ1) is 23.0. The van der Waals surface area contributed by atoms with Crippen molar-refractivity contribution in [1.29, 1.82) is 0 Å². The van der Waals surface area contributed by atoms with E-state index in [9.17, 15) is 13.2 Å². The molecule has 162 valence electrons. The maximum Gasteiger partial charge on any atom is 0.243 e. The lowest BCUT2D eigenvalue weighted by atomic mass is 10.1. The normalized spacial score (nSPS) is 11.5. The zero-order valence-corrected chi connectivity index (χ0v) is 19.3. The van der Waals surface area contributed by atoms with Crippen molar-refractivity contribution in [3.05, 3.63) is 94.0 Å². The lowest BCUT2D eigenvalue weighted by molar-refractivity contribution is -0.116. The van der Waals surface area contributed by atoms with Crippen molar-refractivity contribution < 1.29 is 13.2 Å². The summed E-state index contributed by atoms with van der Waals surface area (Å²) in [6.07, 6.45) is 0. The molecular weight excluding hydrogens is 432 g/mol. The third-order valence-corrected chi connectivity index (χ3v) is 7.18. The molecule has 0 aromatic heterocycles. The van der Waals surface area contributed by atoms with Gasteiger partial charge in [0.2, 0.25) is 15.9 Å². The summed E-state index contributed by atoms with van der Waals surface area (Å²) in [4.78, 5) is 13.0. The number of hydrogen-bond acceptors (Lipinski definition) is 3. The fourth-order valence-electron chi connectivity index (χ4n) is 3.19. The van der Waals surface area contributed by atoms with Crippen LogP contribution in [0, 0.1) is 20.8 Å². The molecule has 0 heterocycles. The minimum absolute atomic E-state index is 0.0832. The number of amides is 1. The zero-order chi connectivity index (χ0) is 22.6. The molecule has 0 atom stereocenters. The van der Waals surface area contributed by atoms with Gasteiger partial charge in [-0.05, 0) is 56.2 Å². The fraction of sp³-hybridized carbons (Fsp3) is 0.208. The average molecular weight is 457 g/mol. The van der Waals surface area contributed by atoms with Crippen LogP contribution in [0.2, 0.25) is 5.02 Å². The lowest BCUT2D eigenvalue weighted by Gasteiger charge is -2.22. The molecule has 0 saturated heterocycles. The molecule has 3 rings (SSSR count).